The van der Waals surface area contributed by atoms with Crippen molar-refractivity contribution >= 4 is 0 Å². The molecule has 14 heavy (non-hydrogen) atoms. The van der Waals surface area contributed by atoms with Crippen LogP contribution in [0.15, 0.2) is 12.3 Å². The molecule has 0 bridgehead atoms. The Bertz CT molecular complexity index is 198. The Labute approximate surface area is 88.1 Å². The first-order valence-corrected chi connectivity index (χ1v) is 5.60. The lowest BCUT2D eigenvalue weighted by molar-refractivity contribution is -0.898. The minimum atomic E-state index is 0.842. The van der Waals surface area contributed by atoms with Crippen molar-refractivity contribution in [3.8, 4) is 0 Å². The second-order valence-corrected chi connectivity index (χ2v) is 5.19. The molecule has 0 aromatic rings. The van der Waals surface area contributed by atoms with Crippen molar-refractivity contribution < 1.29 is 9.22 Å². The zero-order valence-electron chi connectivity index (χ0n) is 9.88. The fraction of sp³-hybridized carbons (Fsp3) is 0.833. The average molecular weight is 198 g/mol. The van der Waals surface area contributed by atoms with Gasteiger partial charge in [-0.3, -0.25) is 0 Å². The maximum absolute atomic E-state index is 5.41. The first-order valence-electron chi connectivity index (χ1n) is 5.60. The summed E-state index contributed by atoms with van der Waals surface area (Å²) >= 11 is 0. The fourth-order valence-electron chi connectivity index (χ4n) is 2.32. The summed E-state index contributed by atoms with van der Waals surface area (Å²) in [7, 11) is 4.65. The van der Waals surface area contributed by atoms with Gasteiger partial charge in [0.25, 0.3) is 0 Å². The minimum Gasteiger partial charge on any atom is -0.499 e. The Hall–Kier alpha value is -0.500. The van der Waals surface area contributed by atoms with Gasteiger partial charge in [-0.15, -0.1) is 0 Å². The van der Waals surface area contributed by atoms with Gasteiger partial charge in [-0.25, -0.2) is 0 Å². The van der Waals surface area contributed by atoms with E-state index in [0.717, 1.165) is 18.3 Å². The molecule has 0 spiro atoms. The number of allylic oxidation sites excluding steroid dienone is 1. The third-order valence-corrected chi connectivity index (χ3v) is 3.00. The molecule has 1 rings (SSSR count). The Morgan fingerprint density at radius 2 is 2.21 bits per heavy atom. The van der Waals surface area contributed by atoms with Crippen molar-refractivity contribution in [2.75, 3.05) is 33.8 Å². The maximum Gasteiger partial charge on any atom is 0.0881 e. The zero-order valence-corrected chi connectivity index (χ0v) is 9.88. The number of rotatable bonds is 4. The molecule has 0 radical (unpaired) electrons. The summed E-state index contributed by atoms with van der Waals surface area (Å²) in [5, 5.41) is 0. The summed E-state index contributed by atoms with van der Waals surface area (Å²) in [6.07, 6.45) is 3.93. The number of likely N-dealkylation sites (tertiary alicyclic amines) is 1. The first-order chi connectivity index (χ1) is 6.49. The largest absolute Gasteiger partial charge is 0.499 e. The van der Waals surface area contributed by atoms with E-state index in [-0.39, 0.29) is 0 Å². The fourth-order valence-corrected chi connectivity index (χ4v) is 2.32. The standard InChI is InChI=1S/C12H24NO/c1-11(2)14-9-7-12-6-5-8-13(3,4)10-12/h12H,1,5-10H2,2-4H3/q+1/t12-/m0/s1. The maximum atomic E-state index is 5.41. The van der Waals surface area contributed by atoms with Crippen LogP contribution in [0.5, 0.6) is 0 Å². The Kier molecular flexibility index (Phi) is 3.99. The zero-order chi connectivity index (χ0) is 10.6. The number of ether oxygens (including phenoxy) is 1. The lowest BCUT2D eigenvalue weighted by Gasteiger charge is -2.38. The number of nitrogens with zero attached hydrogens (tertiary/aromatic N) is 1. The van der Waals surface area contributed by atoms with E-state index in [1.54, 1.807) is 0 Å². The molecular formula is C12H24NO+. The van der Waals surface area contributed by atoms with Crippen LogP contribution in [0.3, 0.4) is 0 Å². The molecule has 1 saturated heterocycles. The number of hydrogen-bond donors (Lipinski definition) is 0. The summed E-state index contributed by atoms with van der Waals surface area (Å²) in [5.74, 6) is 1.69. The van der Waals surface area contributed by atoms with Crippen LogP contribution in [-0.4, -0.2) is 38.3 Å². The lowest BCUT2D eigenvalue weighted by atomic mass is 9.94. The number of hydrogen-bond acceptors (Lipinski definition) is 1. The van der Waals surface area contributed by atoms with Gasteiger partial charge in [0, 0.05) is 5.92 Å². The van der Waals surface area contributed by atoms with Crippen molar-refractivity contribution in [1.29, 1.82) is 0 Å². The Morgan fingerprint density at radius 3 is 2.79 bits per heavy atom. The highest BCUT2D eigenvalue weighted by Crippen LogP contribution is 2.22. The second kappa shape index (κ2) is 4.83. The average Bonchev–Trinajstić information content (AvgIpc) is 2.01. The van der Waals surface area contributed by atoms with Crippen molar-refractivity contribution in [3.63, 3.8) is 0 Å². The van der Waals surface area contributed by atoms with Gasteiger partial charge < -0.3 is 9.22 Å². The topological polar surface area (TPSA) is 9.23 Å². The normalized spacial score (nSPS) is 25.8. The SMILES string of the molecule is C=C(C)OCC[C@@H]1CCC[N+](C)(C)C1. The van der Waals surface area contributed by atoms with Gasteiger partial charge in [0.05, 0.1) is 39.6 Å². The highest BCUT2D eigenvalue weighted by atomic mass is 16.5. The van der Waals surface area contributed by atoms with Crippen LogP contribution in [0.4, 0.5) is 0 Å². The number of piperidine rings is 1. The summed E-state index contributed by atoms with van der Waals surface area (Å²) in [6.45, 7) is 9.14. The quantitative estimate of drug-likeness (QED) is 0.498. The van der Waals surface area contributed by atoms with Crippen LogP contribution in [-0.2, 0) is 4.74 Å². The van der Waals surface area contributed by atoms with Gasteiger partial charge in [-0.1, -0.05) is 6.58 Å². The van der Waals surface area contributed by atoms with Crippen molar-refractivity contribution in [2.24, 2.45) is 5.92 Å². The molecule has 1 atom stereocenters. The molecule has 82 valence electrons. The summed E-state index contributed by atoms with van der Waals surface area (Å²) in [6, 6.07) is 0. The molecule has 0 unspecified atom stereocenters. The van der Waals surface area contributed by atoms with Crippen LogP contribution in [0.2, 0.25) is 0 Å². The highest BCUT2D eigenvalue weighted by Gasteiger charge is 2.26. The molecule has 0 aromatic heterocycles. The van der Waals surface area contributed by atoms with Crippen molar-refractivity contribution in [1.82, 2.24) is 0 Å². The van der Waals surface area contributed by atoms with Gasteiger partial charge in [0.15, 0.2) is 0 Å². The molecule has 1 aliphatic rings. The van der Waals surface area contributed by atoms with E-state index in [0.29, 0.717) is 0 Å². The predicted octanol–water partition coefficient (Wildman–Crippen LogP) is 2.41. The van der Waals surface area contributed by atoms with E-state index in [9.17, 15) is 0 Å². The summed E-state index contributed by atoms with van der Waals surface area (Å²) in [4.78, 5) is 0. The Morgan fingerprint density at radius 1 is 1.50 bits per heavy atom. The smallest absolute Gasteiger partial charge is 0.0881 e. The van der Waals surface area contributed by atoms with Gasteiger partial charge in [0.2, 0.25) is 0 Å². The molecule has 2 heteroatoms. The van der Waals surface area contributed by atoms with E-state index in [1.807, 2.05) is 6.92 Å². The minimum absolute atomic E-state index is 0.842. The third kappa shape index (κ3) is 4.14. The van der Waals surface area contributed by atoms with Crippen LogP contribution < -0.4 is 0 Å². The van der Waals surface area contributed by atoms with E-state index >= 15 is 0 Å². The lowest BCUT2D eigenvalue weighted by Crippen LogP contribution is -2.47. The van der Waals surface area contributed by atoms with E-state index in [4.69, 9.17) is 4.74 Å². The van der Waals surface area contributed by atoms with Crippen LogP contribution >= 0.6 is 0 Å². The molecule has 1 aliphatic heterocycles. The van der Waals surface area contributed by atoms with Gasteiger partial charge in [0.1, 0.15) is 0 Å². The van der Waals surface area contributed by atoms with Crippen LogP contribution in [0, 0.1) is 5.92 Å². The van der Waals surface area contributed by atoms with E-state index in [1.165, 1.54) is 36.8 Å². The molecular weight excluding hydrogens is 174 g/mol. The molecule has 2 nitrogen and oxygen atoms in total. The first kappa shape index (κ1) is 11.6. The van der Waals surface area contributed by atoms with E-state index < -0.39 is 0 Å². The highest BCUT2D eigenvalue weighted by molar-refractivity contribution is 4.74. The summed E-state index contributed by atoms with van der Waals surface area (Å²) in [5.41, 5.74) is 0. The van der Waals surface area contributed by atoms with Gasteiger partial charge in [-0.2, -0.15) is 0 Å². The van der Waals surface area contributed by atoms with Crippen molar-refractivity contribution in [2.45, 2.75) is 26.2 Å². The summed E-state index contributed by atoms with van der Waals surface area (Å²) < 4.78 is 6.59. The van der Waals surface area contributed by atoms with Gasteiger partial charge >= 0.3 is 0 Å². The molecule has 0 amide bonds. The van der Waals surface area contributed by atoms with Gasteiger partial charge in [-0.05, 0) is 26.2 Å². The number of quaternary nitrogens is 1. The monoisotopic (exact) mass is 198 g/mol. The molecule has 0 N–H and O–H groups in total. The van der Waals surface area contributed by atoms with Crippen LogP contribution in [0.1, 0.15) is 26.2 Å². The molecule has 1 heterocycles. The van der Waals surface area contributed by atoms with Crippen molar-refractivity contribution in [3.05, 3.63) is 12.3 Å². The second-order valence-electron chi connectivity index (χ2n) is 5.19. The van der Waals surface area contributed by atoms with E-state index in [2.05, 4.69) is 20.7 Å². The third-order valence-electron chi connectivity index (χ3n) is 3.00. The van der Waals surface area contributed by atoms with Crippen LogP contribution in [0.25, 0.3) is 0 Å². The molecule has 0 aliphatic carbocycles. The Balaban J connectivity index is 2.21. The molecule has 0 aromatic carbocycles. The molecule has 0 saturated carbocycles. The predicted molar refractivity (Wildman–Crippen MR) is 59.9 cm³/mol. The molecule has 1 fully saturated rings.